The van der Waals surface area contributed by atoms with Crippen LogP contribution in [0, 0.1) is 13.8 Å². The van der Waals surface area contributed by atoms with Gasteiger partial charge in [-0.05, 0) is 25.3 Å². The smallest absolute Gasteiger partial charge is 0.0975 e. The highest BCUT2D eigenvalue weighted by Gasteiger charge is 2.13. The van der Waals surface area contributed by atoms with Crippen LogP contribution in [0.15, 0.2) is 18.2 Å². The number of hydrogen-bond donors (Lipinski definition) is 1. The van der Waals surface area contributed by atoms with Gasteiger partial charge >= 0.3 is 0 Å². The lowest BCUT2D eigenvalue weighted by Gasteiger charge is -2.03. The van der Waals surface area contributed by atoms with E-state index in [-0.39, 0.29) is 0 Å². The second-order valence-corrected chi connectivity index (χ2v) is 6.62. The summed E-state index contributed by atoms with van der Waals surface area (Å²) in [6.45, 7) is 9.23. The predicted molar refractivity (Wildman–Crippen MR) is 82.8 cm³/mol. The van der Waals surface area contributed by atoms with Crippen LogP contribution in [0.3, 0.4) is 0 Å². The molecule has 2 nitrogen and oxygen atoms in total. The molecule has 0 spiro atoms. The van der Waals surface area contributed by atoms with Gasteiger partial charge in [-0.2, -0.15) is 0 Å². The summed E-state index contributed by atoms with van der Waals surface area (Å²) in [6, 6.07) is 6.69. The highest BCUT2D eigenvalue weighted by Crippen LogP contribution is 2.26. The third kappa shape index (κ3) is 3.43. The zero-order chi connectivity index (χ0) is 14.0. The Morgan fingerprint density at radius 1 is 1.16 bits per heavy atom. The van der Waals surface area contributed by atoms with Crippen LogP contribution in [0.25, 0.3) is 0 Å². The summed E-state index contributed by atoms with van der Waals surface area (Å²) < 4.78 is 0. The molecule has 0 aliphatic rings. The van der Waals surface area contributed by atoms with Crippen molar-refractivity contribution in [2.45, 2.75) is 46.6 Å². The van der Waals surface area contributed by atoms with Gasteiger partial charge in [0.15, 0.2) is 0 Å². The molecule has 0 saturated heterocycles. The third-order valence-corrected chi connectivity index (χ3v) is 4.23. The number of nitrogens with two attached hydrogens (primary N) is 1. The molecule has 3 heteroatoms. The van der Waals surface area contributed by atoms with E-state index in [0.717, 1.165) is 6.42 Å². The van der Waals surface area contributed by atoms with Gasteiger partial charge in [-0.3, -0.25) is 0 Å². The van der Waals surface area contributed by atoms with Crippen molar-refractivity contribution in [3.8, 4) is 0 Å². The normalized spacial score (nSPS) is 11.3. The summed E-state index contributed by atoms with van der Waals surface area (Å²) in [5.74, 6) is 0.447. The first-order chi connectivity index (χ1) is 8.99. The van der Waals surface area contributed by atoms with Crippen molar-refractivity contribution >= 4 is 11.3 Å². The number of aromatic nitrogens is 1. The molecule has 0 aliphatic carbocycles. The number of hydrogen-bond acceptors (Lipinski definition) is 3. The summed E-state index contributed by atoms with van der Waals surface area (Å²) >= 11 is 1.76. The zero-order valence-electron chi connectivity index (χ0n) is 12.2. The molecule has 0 saturated carbocycles. The summed E-state index contributed by atoms with van der Waals surface area (Å²) in [4.78, 5) is 6.00. The summed E-state index contributed by atoms with van der Waals surface area (Å²) in [5.41, 5.74) is 11.0. The molecular weight excluding hydrogens is 252 g/mol. The van der Waals surface area contributed by atoms with Crippen molar-refractivity contribution in [1.29, 1.82) is 0 Å². The van der Waals surface area contributed by atoms with Gasteiger partial charge in [-0.25, -0.2) is 4.98 Å². The molecular formula is C16H22N2S. The van der Waals surface area contributed by atoms with E-state index < -0.39 is 0 Å². The van der Waals surface area contributed by atoms with Crippen LogP contribution >= 0.6 is 11.3 Å². The van der Waals surface area contributed by atoms with Crippen molar-refractivity contribution in [1.82, 2.24) is 4.98 Å². The SMILES string of the molecule is Cc1cc(C)cc(Cc2nc(C(C)C)c(CN)s2)c1. The van der Waals surface area contributed by atoms with Crippen molar-refractivity contribution in [2.75, 3.05) is 0 Å². The third-order valence-electron chi connectivity index (χ3n) is 3.14. The average molecular weight is 274 g/mol. The molecule has 0 radical (unpaired) electrons. The molecule has 1 heterocycles. The van der Waals surface area contributed by atoms with Crippen molar-refractivity contribution in [3.05, 3.63) is 50.5 Å². The maximum Gasteiger partial charge on any atom is 0.0975 e. The van der Waals surface area contributed by atoms with Crippen LogP contribution in [0.5, 0.6) is 0 Å². The maximum atomic E-state index is 5.81. The van der Waals surface area contributed by atoms with E-state index in [4.69, 9.17) is 10.7 Å². The van der Waals surface area contributed by atoms with Crippen molar-refractivity contribution < 1.29 is 0 Å². The van der Waals surface area contributed by atoms with Gasteiger partial charge in [0.25, 0.3) is 0 Å². The molecule has 19 heavy (non-hydrogen) atoms. The van der Waals surface area contributed by atoms with Crippen LogP contribution in [0.2, 0.25) is 0 Å². The van der Waals surface area contributed by atoms with Crippen LogP contribution in [0.1, 0.15) is 52.0 Å². The highest BCUT2D eigenvalue weighted by molar-refractivity contribution is 7.11. The van der Waals surface area contributed by atoms with Gasteiger partial charge in [0.1, 0.15) is 0 Å². The Morgan fingerprint density at radius 3 is 2.26 bits per heavy atom. The van der Waals surface area contributed by atoms with Crippen LogP contribution < -0.4 is 5.73 Å². The second kappa shape index (κ2) is 5.85. The van der Waals surface area contributed by atoms with Crippen LogP contribution in [-0.2, 0) is 13.0 Å². The summed E-state index contributed by atoms with van der Waals surface area (Å²) in [7, 11) is 0. The van der Waals surface area contributed by atoms with Gasteiger partial charge in [0.2, 0.25) is 0 Å². The van der Waals surface area contributed by atoms with E-state index in [9.17, 15) is 0 Å². The lowest BCUT2D eigenvalue weighted by Crippen LogP contribution is -1.99. The van der Waals surface area contributed by atoms with Gasteiger partial charge in [-0.1, -0.05) is 43.2 Å². The van der Waals surface area contributed by atoms with E-state index in [1.807, 2.05) is 0 Å². The van der Waals surface area contributed by atoms with E-state index in [2.05, 4.69) is 45.9 Å². The topological polar surface area (TPSA) is 38.9 Å². The Labute approximate surface area is 119 Å². The molecule has 0 amide bonds. The first kappa shape index (κ1) is 14.2. The Kier molecular flexibility index (Phi) is 4.38. The van der Waals surface area contributed by atoms with Crippen molar-refractivity contribution in [3.63, 3.8) is 0 Å². The van der Waals surface area contributed by atoms with Gasteiger partial charge in [-0.15, -0.1) is 11.3 Å². The Bertz CT molecular complexity index is 550. The zero-order valence-corrected chi connectivity index (χ0v) is 13.0. The van der Waals surface area contributed by atoms with E-state index in [1.165, 1.54) is 32.3 Å². The molecule has 0 bridgehead atoms. The second-order valence-electron chi connectivity index (χ2n) is 5.45. The molecule has 0 unspecified atom stereocenters. The van der Waals surface area contributed by atoms with E-state index in [1.54, 1.807) is 11.3 Å². The standard InChI is InChI=1S/C16H22N2S/c1-10(2)16-14(9-17)19-15(18-16)8-13-6-11(3)5-12(4)7-13/h5-7,10H,8-9,17H2,1-4H3. The summed E-state index contributed by atoms with van der Waals surface area (Å²) in [5, 5.41) is 1.18. The molecule has 2 aromatic rings. The number of rotatable bonds is 4. The van der Waals surface area contributed by atoms with Gasteiger partial charge in [0.05, 0.1) is 10.7 Å². The minimum Gasteiger partial charge on any atom is -0.326 e. The Balaban J connectivity index is 2.28. The molecule has 2 rings (SSSR count). The number of aryl methyl sites for hydroxylation is 2. The fourth-order valence-corrected chi connectivity index (χ4v) is 3.57. The van der Waals surface area contributed by atoms with Gasteiger partial charge in [0, 0.05) is 17.8 Å². The minimum absolute atomic E-state index is 0.447. The molecule has 0 atom stereocenters. The fourth-order valence-electron chi connectivity index (χ4n) is 2.43. The molecule has 2 N–H and O–H groups in total. The molecule has 1 aromatic carbocycles. The largest absolute Gasteiger partial charge is 0.326 e. The van der Waals surface area contributed by atoms with E-state index >= 15 is 0 Å². The quantitative estimate of drug-likeness (QED) is 0.917. The number of benzene rings is 1. The maximum absolute atomic E-state index is 5.81. The van der Waals surface area contributed by atoms with Crippen LogP contribution in [-0.4, -0.2) is 4.98 Å². The lowest BCUT2D eigenvalue weighted by atomic mass is 10.1. The first-order valence-electron chi connectivity index (χ1n) is 6.75. The molecule has 1 aromatic heterocycles. The first-order valence-corrected chi connectivity index (χ1v) is 7.57. The predicted octanol–water partition coefficient (Wildman–Crippen LogP) is 3.93. The Hall–Kier alpha value is -1.19. The monoisotopic (exact) mass is 274 g/mol. The molecule has 0 fully saturated rings. The Morgan fingerprint density at radius 2 is 1.79 bits per heavy atom. The number of thiazole rings is 1. The molecule has 102 valence electrons. The average Bonchev–Trinajstić information content (AvgIpc) is 2.70. The van der Waals surface area contributed by atoms with Crippen LogP contribution in [0.4, 0.5) is 0 Å². The minimum atomic E-state index is 0.447. The number of nitrogens with zero attached hydrogens (tertiary/aromatic N) is 1. The lowest BCUT2D eigenvalue weighted by molar-refractivity contribution is 0.806. The fraction of sp³-hybridized carbons (Fsp3) is 0.438. The van der Waals surface area contributed by atoms with Gasteiger partial charge < -0.3 is 5.73 Å². The highest BCUT2D eigenvalue weighted by atomic mass is 32.1. The van der Waals surface area contributed by atoms with Crippen molar-refractivity contribution in [2.24, 2.45) is 5.73 Å². The molecule has 0 aliphatic heterocycles. The van der Waals surface area contributed by atoms with E-state index in [0.29, 0.717) is 12.5 Å². The summed E-state index contributed by atoms with van der Waals surface area (Å²) in [6.07, 6.45) is 0.910.